The molecule has 0 fully saturated rings. The van der Waals surface area contributed by atoms with Gasteiger partial charge in [0.2, 0.25) is 0 Å². The van der Waals surface area contributed by atoms with Crippen LogP contribution in [0.1, 0.15) is 47.8 Å². The molecule has 15 heavy (non-hydrogen) atoms. The Balaban J connectivity index is 3.54. The summed E-state index contributed by atoms with van der Waals surface area (Å²) < 4.78 is 0. The van der Waals surface area contributed by atoms with Crippen molar-refractivity contribution in [3.63, 3.8) is 0 Å². The Bertz CT molecular complexity index is 398. The molecule has 0 unspecified atom stereocenters. The Kier molecular flexibility index (Phi) is 2.89. The van der Waals surface area contributed by atoms with Crippen LogP contribution in [0.15, 0.2) is 12.1 Å². The van der Waals surface area contributed by atoms with Gasteiger partial charge in [0.05, 0.1) is 5.56 Å². The summed E-state index contributed by atoms with van der Waals surface area (Å²) in [6, 6.07) is 3.88. The molecule has 0 spiro atoms. The van der Waals surface area contributed by atoms with E-state index < -0.39 is 5.97 Å². The number of carboxylic acids is 1. The minimum atomic E-state index is -0.836. The fourth-order valence-electron chi connectivity index (χ4n) is 1.84. The SMILES string of the molecule is Cc1cc(C)c(C(=O)O)c(C(C)(C)C)c1. The van der Waals surface area contributed by atoms with Crippen molar-refractivity contribution in [2.24, 2.45) is 0 Å². The zero-order chi connectivity index (χ0) is 11.8. The molecular formula is C13H18O2. The van der Waals surface area contributed by atoms with Gasteiger partial charge in [-0.1, -0.05) is 38.5 Å². The van der Waals surface area contributed by atoms with Gasteiger partial charge in [-0.15, -0.1) is 0 Å². The lowest BCUT2D eigenvalue weighted by atomic mass is 9.81. The van der Waals surface area contributed by atoms with Gasteiger partial charge in [0.1, 0.15) is 0 Å². The predicted octanol–water partition coefficient (Wildman–Crippen LogP) is 3.30. The molecule has 82 valence electrons. The molecule has 1 rings (SSSR count). The second-order valence-electron chi connectivity index (χ2n) is 5.06. The van der Waals surface area contributed by atoms with Crippen LogP contribution in [0.2, 0.25) is 0 Å². The zero-order valence-corrected chi connectivity index (χ0v) is 10.0. The van der Waals surface area contributed by atoms with Gasteiger partial charge in [-0.25, -0.2) is 4.79 Å². The van der Waals surface area contributed by atoms with E-state index in [0.29, 0.717) is 5.56 Å². The molecule has 0 saturated heterocycles. The number of aromatic carboxylic acids is 1. The minimum absolute atomic E-state index is 0.134. The number of aryl methyl sites for hydroxylation is 2. The molecule has 1 aromatic rings. The van der Waals surface area contributed by atoms with Gasteiger partial charge >= 0.3 is 5.97 Å². The predicted molar refractivity (Wildman–Crippen MR) is 61.6 cm³/mol. The first-order chi connectivity index (χ1) is 6.73. The van der Waals surface area contributed by atoms with Gasteiger partial charge in [0.25, 0.3) is 0 Å². The Hall–Kier alpha value is -1.31. The highest BCUT2D eigenvalue weighted by molar-refractivity contribution is 5.91. The van der Waals surface area contributed by atoms with E-state index in [4.69, 9.17) is 0 Å². The number of hydrogen-bond acceptors (Lipinski definition) is 1. The summed E-state index contributed by atoms with van der Waals surface area (Å²) in [6.07, 6.45) is 0. The van der Waals surface area contributed by atoms with Gasteiger partial charge < -0.3 is 5.11 Å². The number of carboxylic acid groups (broad SMARTS) is 1. The molecule has 0 radical (unpaired) electrons. The van der Waals surface area contributed by atoms with Gasteiger partial charge in [-0.05, 0) is 30.4 Å². The average Bonchev–Trinajstić information content (AvgIpc) is 1.99. The highest BCUT2D eigenvalue weighted by Crippen LogP contribution is 2.29. The minimum Gasteiger partial charge on any atom is -0.478 e. The van der Waals surface area contributed by atoms with Crippen LogP contribution in [0.4, 0.5) is 0 Å². The van der Waals surface area contributed by atoms with Crippen LogP contribution in [0.3, 0.4) is 0 Å². The van der Waals surface area contributed by atoms with E-state index in [1.165, 1.54) is 0 Å². The molecule has 0 aliphatic heterocycles. The van der Waals surface area contributed by atoms with Crippen molar-refractivity contribution in [3.05, 3.63) is 34.4 Å². The van der Waals surface area contributed by atoms with Crippen molar-refractivity contribution in [2.45, 2.75) is 40.0 Å². The van der Waals surface area contributed by atoms with Crippen molar-refractivity contribution in [1.29, 1.82) is 0 Å². The van der Waals surface area contributed by atoms with Crippen LogP contribution in [0, 0.1) is 13.8 Å². The van der Waals surface area contributed by atoms with Crippen LogP contribution in [-0.2, 0) is 5.41 Å². The van der Waals surface area contributed by atoms with Crippen molar-refractivity contribution < 1.29 is 9.90 Å². The third-order valence-electron chi connectivity index (χ3n) is 2.50. The monoisotopic (exact) mass is 206 g/mol. The van der Waals surface area contributed by atoms with E-state index in [0.717, 1.165) is 16.7 Å². The smallest absolute Gasteiger partial charge is 0.336 e. The van der Waals surface area contributed by atoms with Crippen LogP contribution in [0.5, 0.6) is 0 Å². The van der Waals surface area contributed by atoms with Crippen LogP contribution < -0.4 is 0 Å². The summed E-state index contributed by atoms with van der Waals surface area (Å²) in [7, 11) is 0. The molecule has 0 aromatic heterocycles. The van der Waals surface area contributed by atoms with E-state index in [1.54, 1.807) is 0 Å². The summed E-state index contributed by atoms with van der Waals surface area (Å²) in [4.78, 5) is 11.2. The summed E-state index contributed by atoms with van der Waals surface area (Å²) in [5.41, 5.74) is 3.18. The molecule has 1 N–H and O–H groups in total. The number of carbonyl (C=O) groups is 1. The van der Waals surface area contributed by atoms with E-state index in [-0.39, 0.29) is 5.41 Å². The number of hydrogen-bond donors (Lipinski definition) is 1. The summed E-state index contributed by atoms with van der Waals surface area (Å²) in [6.45, 7) is 9.95. The quantitative estimate of drug-likeness (QED) is 0.765. The fourth-order valence-corrected chi connectivity index (χ4v) is 1.84. The van der Waals surface area contributed by atoms with Crippen molar-refractivity contribution in [2.75, 3.05) is 0 Å². The maximum atomic E-state index is 11.2. The lowest BCUT2D eigenvalue weighted by Gasteiger charge is -2.23. The van der Waals surface area contributed by atoms with Crippen molar-refractivity contribution in [3.8, 4) is 0 Å². The van der Waals surface area contributed by atoms with Crippen LogP contribution >= 0.6 is 0 Å². The second kappa shape index (κ2) is 3.69. The van der Waals surface area contributed by atoms with Crippen molar-refractivity contribution >= 4 is 5.97 Å². The van der Waals surface area contributed by atoms with E-state index in [9.17, 15) is 9.90 Å². The molecular weight excluding hydrogens is 188 g/mol. The number of rotatable bonds is 1. The van der Waals surface area contributed by atoms with Gasteiger partial charge in [-0.3, -0.25) is 0 Å². The molecule has 0 aliphatic carbocycles. The lowest BCUT2D eigenvalue weighted by molar-refractivity contribution is 0.0693. The van der Waals surface area contributed by atoms with E-state index in [1.807, 2.05) is 46.8 Å². The van der Waals surface area contributed by atoms with E-state index >= 15 is 0 Å². The lowest BCUT2D eigenvalue weighted by Crippen LogP contribution is -2.18. The van der Waals surface area contributed by atoms with Gasteiger partial charge in [-0.2, -0.15) is 0 Å². The molecule has 0 saturated carbocycles. The molecule has 2 heteroatoms. The summed E-state index contributed by atoms with van der Waals surface area (Å²) in [5.74, 6) is -0.836. The third kappa shape index (κ3) is 2.38. The summed E-state index contributed by atoms with van der Waals surface area (Å²) >= 11 is 0. The first-order valence-corrected chi connectivity index (χ1v) is 5.08. The number of benzene rings is 1. The fraction of sp³-hybridized carbons (Fsp3) is 0.462. The topological polar surface area (TPSA) is 37.3 Å². The molecule has 0 bridgehead atoms. The molecule has 0 aliphatic rings. The standard InChI is InChI=1S/C13H18O2/c1-8-6-9(2)11(12(14)15)10(7-8)13(3,4)5/h6-7H,1-5H3,(H,14,15). The Morgan fingerprint density at radius 2 is 1.73 bits per heavy atom. The first-order valence-electron chi connectivity index (χ1n) is 5.08. The maximum absolute atomic E-state index is 11.2. The second-order valence-corrected chi connectivity index (χ2v) is 5.06. The first kappa shape index (κ1) is 11.8. The van der Waals surface area contributed by atoms with Gasteiger partial charge in [0.15, 0.2) is 0 Å². The Labute approximate surface area is 90.9 Å². The molecule has 0 atom stereocenters. The van der Waals surface area contributed by atoms with Crippen LogP contribution in [0.25, 0.3) is 0 Å². The van der Waals surface area contributed by atoms with Crippen molar-refractivity contribution in [1.82, 2.24) is 0 Å². The largest absolute Gasteiger partial charge is 0.478 e. The Morgan fingerprint density at radius 1 is 1.20 bits per heavy atom. The van der Waals surface area contributed by atoms with Gasteiger partial charge in [0, 0.05) is 0 Å². The van der Waals surface area contributed by atoms with E-state index in [2.05, 4.69) is 0 Å². The molecule has 1 aromatic carbocycles. The van der Waals surface area contributed by atoms with Crippen LogP contribution in [-0.4, -0.2) is 11.1 Å². The zero-order valence-electron chi connectivity index (χ0n) is 10.0. The third-order valence-corrected chi connectivity index (χ3v) is 2.50. The average molecular weight is 206 g/mol. The molecule has 0 amide bonds. The highest BCUT2D eigenvalue weighted by Gasteiger charge is 2.23. The molecule has 2 nitrogen and oxygen atoms in total. The Morgan fingerprint density at radius 3 is 2.13 bits per heavy atom. The molecule has 0 heterocycles. The highest BCUT2D eigenvalue weighted by atomic mass is 16.4. The summed E-state index contributed by atoms with van der Waals surface area (Å²) in [5, 5.41) is 9.20. The maximum Gasteiger partial charge on any atom is 0.336 e. The normalized spacial score (nSPS) is 11.5.